The molecule has 0 aliphatic heterocycles. The first-order valence-electron chi connectivity index (χ1n) is 3.78. The second-order valence-corrected chi connectivity index (χ2v) is 2.48. The third kappa shape index (κ3) is 3.64. The number of esters is 1. The number of nitrogens with zero attached hydrogens (tertiary/aromatic N) is 1. The van der Waals surface area contributed by atoms with E-state index in [9.17, 15) is 19.7 Å². The Balaban J connectivity index is 4.26. The minimum atomic E-state index is -1.13. The summed E-state index contributed by atoms with van der Waals surface area (Å²) < 4.78 is 4.30. The summed E-state index contributed by atoms with van der Waals surface area (Å²) in [5.74, 6) is -2.61. The number of nitro groups is 1. The smallest absolute Gasteiger partial charge is 0.448 e. The fourth-order valence-electron chi connectivity index (χ4n) is 0.840. The molecule has 0 radical (unpaired) electrons. The Kier molecular flexibility index (Phi) is 4.64. The normalized spacial score (nSPS) is 11.8. The van der Waals surface area contributed by atoms with Gasteiger partial charge in [-0.3, -0.25) is 14.9 Å². The summed E-state index contributed by atoms with van der Waals surface area (Å²) in [6, 6.07) is 0. The lowest BCUT2D eigenvalue weighted by Crippen LogP contribution is -2.25. The van der Waals surface area contributed by atoms with E-state index in [0.29, 0.717) is 0 Å². The van der Waals surface area contributed by atoms with Crippen LogP contribution >= 0.6 is 0 Å². The maximum absolute atomic E-state index is 10.8. The Morgan fingerprint density at radius 1 is 1.54 bits per heavy atom. The van der Waals surface area contributed by atoms with Crippen molar-refractivity contribution in [1.29, 1.82) is 0 Å². The van der Waals surface area contributed by atoms with Crippen LogP contribution in [0.4, 0.5) is 0 Å². The van der Waals surface area contributed by atoms with Crippen LogP contribution < -0.4 is 0 Å². The second-order valence-electron chi connectivity index (χ2n) is 2.48. The summed E-state index contributed by atoms with van der Waals surface area (Å²) in [6.45, 7) is 1.61. The quantitative estimate of drug-likeness (QED) is 0.362. The molecule has 0 aromatic heterocycles. The van der Waals surface area contributed by atoms with Crippen molar-refractivity contribution >= 4 is 11.9 Å². The molecule has 6 heteroatoms. The largest absolute Gasteiger partial charge is 0.469 e. The molecular formula is C7H11NO5. The molecule has 0 heterocycles. The van der Waals surface area contributed by atoms with Crippen molar-refractivity contribution in [3.05, 3.63) is 10.1 Å². The van der Waals surface area contributed by atoms with E-state index in [2.05, 4.69) is 4.74 Å². The summed E-state index contributed by atoms with van der Waals surface area (Å²) in [5.41, 5.74) is 0. The number of carbonyl (C=O) groups is 2. The molecule has 6 nitrogen and oxygen atoms in total. The number of rotatable bonds is 4. The molecule has 13 heavy (non-hydrogen) atoms. The fraction of sp³-hybridized carbons (Fsp3) is 0.714. The average Bonchev–Trinajstić information content (AvgIpc) is 2.12. The van der Waals surface area contributed by atoms with E-state index in [-0.39, 0.29) is 12.8 Å². The molecule has 1 amide bonds. The molecule has 0 aliphatic carbocycles. The van der Waals surface area contributed by atoms with E-state index >= 15 is 0 Å². The van der Waals surface area contributed by atoms with Crippen molar-refractivity contribution in [1.82, 2.24) is 0 Å². The fourth-order valence-corrected chi connectivity index (χ4v) is 0.840. The zero-order valence-corrected chi connectivity index (χ0v) is 7.48. The highest BCUT2D eigenvalue weighted by molar-refractivity contribution is 5.78. The van der Waals surface area contributed by atoms with Crippen molar-refractivity contribution in [3.8, 4) is 0 Å². The first-order valence-corrected chi connectivity index (χ1v) is 3.78. The molecule has 1 atom stereocenters. The van der Waals surface area contributed by atoms with Crippen LogP contribution in [0.5, 0.6) is 0 Å². The van der Waals surface area contributed by atoms with Crippen LogP contribution in [0.25, 0.3) is 0 Å². The lowest BCUT2D eigenvalue weighted by molar-refractivity contribution is -0.406. The van der Waals surface area contributed by atoms with E-state index in [4.69, 9.17) is 0 Å². The molecule has 0 aliphatic rings. The predicted molar refractivity (Wildman–Crippen MR) is 42.4 cm³/mol. The molecule has 0 spiro atoms. The molecule has 0 bridgehead atoms. The standard InChI is InChI=1S/C7H11NO5/c1-3-5(4-6(9)13-2)7(10)8(11)12/h5H,3-4H2,1-2H3. The number of methoxy groups -OCH3 is 1. The van der Waals surface area contributed by atoms with Gasteiger partial charge in [0.15, 0.2) is 0 Å². The van der Waals surface area contributed by atoms with Crippen molar-refractivity contribution in [2.24, 2.45) is 5.92 Å². The summed E-state index contributed by atoms with van der Waals surface area (Å²) in [6.07, 6.45) is 0.0295. The number of ether oxygens (including phenoxy) is 1. The third-order valence-corrected chi connectivity index (χ3v) is 1.66. The summed E-state index contributed by atoms with van der Waals surface area (Å²) in [7, 11) is 1.17. The third-order valence-electron chi connectivity index (χ3n) is 1.66. The van der Waals surface area contributed by atoms with Gasteiger partial charge in [-0.2, -0.15) is 0 Å². The minimum Gasteiger partial charge on any atom is -0.469 e. The van der Waals surface area contributed by atoms with E-state index in [1.54, 1.807) is 6.92 Å². The van der Waals surface area contributed by atoms with Gasteiger partial charge in [-0.25, -0.2) is 4.79 Å². The van der Waals surface area contributed by atoms with Gasteiger partial charge in [-0.1, -0.05) is 6.92 Å². The van der Waals surface area contributed by atoms with E-state index in [1.165, 1.54) is 7.11 Å². The topological polar surface area (TPSA) is 86.5 Å². The Hall–Kier alpha value is -1.46. The van der Waals surface area contributed by atoms with Crippen LogP contribution in [0, 0.1) is 16.0 Å². The molecule has 0 N–H and O–H groups in total. The van der Waals surface area contributed by atoms with E-state index in [0.717, 1.165) is 0 Å². The highest BCUT2D eigenvalue weighted by atomic mass is 16.6. The summed E-state index contributed by atoms with van der Waals surface area (Å²) >= 11 is 0. The number of carbonyl (C=O) groups excluding carboxylic acids is 2. The Bertz CT molecular complexity index is 225. The molecule has 74 valence electrons. The van der Waals surface area contributed by atoms with Gasteiger partial charge in [0, 0.05) is 0 Å². The minimum absolute atomic E-state index is 0.229. The summed E-state index contributed by atoms with van der Waals surface area (Å²) in [4.78, 5) is 30.6. The van der Waals surface area contributed by atoms with E-state index in [1.807, 2.05) is 0 Å². The Morgan fingerprint density at radius 2 is 2.08 bits per heavy atom. The molecule has 0 saturated carbocycles. The number of hydrogen-bond donors (Lipinski definition) is 0. The predicted octanol–water partition coefficient (Wildman–Crippen LogP) is 0.379. The highest BCUT2D eigenvalue weighted by Crippen LogP contribution is 2.10. The lowest BCUT2D eigenvalue weighted by Gasteiger charge is -2.05. The van der Waals surface area contributed by atoms with Crippen molar-refractivity contribution < 1.29 is 19.2 Å². The molecule has 0 saturated heterocycles. The lowest BCUT2D eigenvalue weighted by atomic mass is 10.0. The van der Waals surface area contributed by atoms with Gasteiger partial charge < -0.3 is 4.74 Å². The first kappa shape index (κ1) is 11.5. The van der Waals surface area contributed by atoms with Crippen LogP contribution in [-0.2, 0) is 14.3 Å². The van der Waals surface area contributed by atoms with Crippen molar-refractivity contribution in [2.45, 2.75) is 19.8 Å². The average molecular weight is 189 g/mol. The van der Waals surface area contributed by atoms with Crippen LogP contribution in [0.2, 0.25) is 0 Å². The monoisotopic (exact) mass is 189 g/mol. The Morgan fingerprint density at radius 3 is 2.38 bits per heavy atom. The molecule has 1 unspecified atom stereocenters. The van der Waals surface area contributed by atoms with Crippen molar-refractivity contribution in [3.63, 3.8) is 0 Å². The Labute approximate surface area is 75.0 Å². The van der Waals surface area contributed by atoms with Crippen molar-refractivity contribution in [2.75, 3.05) is 7.11 Å². The zero-order valence-electron chi connectivity index (χ0n) is 7.48. The number of hydrogen-bond acceptors (Lipinski definition) is 5. The molecule has 0 aromatic rings. The van der Waals surface area contributed by atoms with Gasteiger partial charge in [0.2, 0.25) is 0 Å². The van der Waals surface area contributed by atoms with Crippen LogP contribution in [0.3, 0.4) is 0 Å². The zero-order chi connectivity index (χ0) is 10.4. The SMILES string of the molecule is CCC(CC(=O)OC)C(=O)[N+](=O)[O-]. The van der Waals surface area contributed by atoms with Gasteiger partial charge in [-0.15, -0.1) is 0 Å². The maximum atomic E-state index is 10.8. The van der Waals surface area contributed by atoms with Gasteiger partial charge in [0.25, 0.3) is 0 Å². The summed E-state index contributed by atoms with van der Waals surface area (Å²) in [5, 5.41) is 10.1. The van der Waals surface area contributed by atoms with Gasteiger partial charge in [-0.05, 0) is 6.42 Å². The number of amides is 1. The van der Waals surface area contributed by atoms with Gasteiger partial charge >= 0.3 is 11.9 Å². The molecule has 0 aromatic carbocycles. The van der Waals surface area contributed by atoms with Gasteiger partial charge in [0.1, 0.15) is 10.8 Å². The van der Waals surface area contributed by atoms with Crippen LogP contribution in [0.1, 0.15) is 19.8 Å². The van der Waals surface area contributed by atoms with Crippen LogP contribution in [0.15, 0.2) is 0 Å². The molecule has 0 fully saturated rings. The second kappa shape index (κ2) is 5.23. The maximum Gasteiger partial charge on any atom is 0.448 e. The first-order chi connectivity index (χ1) is 6.02. The molecular weight excluding hydrogens is 178 g/mol. The van der Waals surface area contributed by atoms with E-state index < -0.39 is 22.7 Å². The van der Waals surface area contributed by atoms with Crippen LogP contribution in [-0.4, -0.2) is 23.9 Å². The van der Waals surface area contributed by atoms with Gasteiger partial charge in [0.05, 0.1) is 13.5 Å². The molecule has 0 rings (SSSR count). The highest BCUT2D eigenvalue weighted by Gasteiger charge is 2.29.